The molecule has 0 unspecified atom stereocenters. The number of sulfone groups is 1. The average Bonchev–Trinajstić information content (AvgIpc) is 3.17. The van der Waals surface area contributed by atoms with Crippen molar-refractivity contribution in [2.45, 2.75) is 35.7 Å². The van der Waals surface area contributed by atoms with Crippen LogP contribution in [0.4, 0.5) is 22.0 Å². The molecular weight excluding hydrogens is 523 g/mol. The first kappa shape index (κ1) is 27.0. The number of carbonyl (C=O) groups excluding carboxylic acids is 2. The quantitative estimate of drug-likeness (QED) is 0.562. The molecule has 7 nitrogen and oxygen atoms in total. The minimum Gasteiger partial charge on any atom is -0.381 e. The maximum absolute atomic E-state index is 14.4. The smallest absolute Gasteiger partial charge is 0.381 e. The van der Waals surface area contributed by atoms with Crippen LogP contribution in [0.2, 0.25) is 0 Å². The Hall–Kier alpha value is -3.06. The first-order chi connectivity index (χ1) is 17.3. The van der Waals surface area contributed by atoms with Crippen LogP contribution < -0.4 is 5.32 Å². The van der Waals surface area contributed by atoms with E-state index in [9.17, 15) is 40.0 Å². The summed E-state index contributed by atoms with van der Waals surface area (Å²) in [5.74, 6) is -3.41. The van der Waals surface area contributed by atoms with Gasteiger partial charge in [-0.3, -0.25) is 9.59 Å². The number of amides is 2. The number of alkyl halides is 4. The van der Waals surface area contributed by atoms with E-state index in [1.807, 2.05) is 0 Å². The van der Waals surface area contributed by atoms with Gasteiger partial charge in [-0.15, -0.1) is 0 Å². The molecule has 1 N–H and O–H groups in total. The third-order valence-electron chi connectivity index (χ3n) is 6.41. The number of benzene rings is 2. The Balaban J connectivity index is 1.58. The molecule has 200 valence electrons. The molecule has 37 heavy (non-hydrogen) atoms. The first-order valence-electron chi connectivity index (χ1n) is 11.3. The van der Waals surface area contributed by atoms with Crippen LogP contribution in [0.5, 0.6) is 0 Å². The predicted molar refractivity (Wildman–Crippen MR) is 120 cm³/mol. The number of carbonyl (C=O) groups is 2. The lowest BCUT2D eigenvalue weighted by molar-refractivity contribution is -0.140. The van der Waals surface area contributed by atoms with E-state index < -0.39 is 64.0 Å². The second kappa shape index (κ2) is 10.0. The molecule has 3 atom stereocenters. The van der Waals surface area contributed by atoms with Gasteiger partial charge in [0.25, 0.3) is 5.91 Å². The van der Waals surface area contributed by atoms with Crippen molar-refractivity contribution in [3.05, 3.63) is 65.0 Å². The summed E-state index contributed by atoms with van der Waals surface area (Å²) in [7, 11) is -3.63. The van der Waals surface area contributed by atoms with E-state index in [1.165, 1.54) is 18.2 Å². The molecule has 0 aromatic heterocycles. The minimum absolute atomic E-state index is 0.0522. The van der Waals surface area contributed by atoms with Crippen LogP contribution in [0.25, 0.3) is 0 Å². The lowest BCUT2D eigenvalue weighted by Gasteiger charge is -2.36. The van der Waals surface area contributed by atoms with Gasteiger partial charge in [0, 0.05) is 24.2 Å². The average molecular weight is 547 g/mol. The summed E-state index contributed by atoms with van der Waals surface area (Å²) in [6.45, 7) is -0.0953. The SMILES string of the molecule is CS(=O)(=O)c1cccc(C(=O)N2C[C@@H](F)C[C@@H]2C(=O)N[C@@H](c2ccc(C(F)(F)F)c(F)c2)C2COC2)c1. The van der Waals surface area contributed by atoms with E-state index in [2.05, 4.69) is 5.32 Å². The second-order valence-corrected chi connectivity index (χ2v) is 11.1. The van der Waals surface area contributed by atoms with E-state index >= 15 is 0 Å². The van der Waals surface area contributed by atoms with Crippen LogP contribution in [0.15, 0.2) is 47.4 Å². The van der Waals surface area contributed by atoms with Crippen molar-refractivity contribution < 1.29 is 44.7 Å². The normalized spacial score (nSPS) is 21.4. The zero-order valence-corrected chi connectivity index (χ0v) is 20.3. The van der Waals surface area contributed by atoms with Crippen LogP contribution in [-0.2, 0) is 25.5 Å². The lowest BCUT2D eigenvalue weighted by atomic mass is 9.90. The summed E-state index contributed by atoms with van der Waals surface area (Å²) in [4.78, 5) is 27.2. The fourth-order valence-corrected chi connectivity index (χ4v) is 5.07. The third-order valence-corrected chi connectivity index (χ3v) is 7.52. The van der Waals surface area contributed by atoms with Gasteiger partial charge in [-0.2, -0.15) is 13.2 Å². The zero-order valence-electron chi connectivity index (χ0n) is 19.5. The van der Waals surface area contributed by atoms with Gasteiger partial charge in [0.05, 0.1) is 36.3 Å². The largest absolute Gasteiger partial charge is 0.419 e. The van der Waals surface area contributed by atoms with E-state index in [-0.39, 0.29) is 41.6 Å². The fraction of sp³-hybridized carbons (Fsp3) is 0.417. The summed E-state index contributed by atoms with van der Waals surface area (Å²) >= 11 is 0. The Morgan fingerprint density at radius 2 is 1.84 bits per heavy atom. The van der Waals surface area contributed by atoms with Gasteiger partial charge < -0.3 is 15.0 Å². The molecule has 0 spiro atoms. The molecule has 0 bridgehead atoms. The third kappa shape index (κ3) is 5.77. The van der Waals surface area contributed by atoms with Gasteiger partial charge in [-0.25, -0.2) is 17.2 Å². The Bertz CT molecular complexity index is 1310. The summed E-state index contributed by atoms with van der Waals surface area (Å²) in [6, 6.07) is 5.25. The number of hydrogen-bond donors (Lipinski definition) is 1. The minimum atomic E-state index is -4.89. The maximum Gasteiger partial charge on any atom is 0.419 e. The van der Waals surface area contributed by atoms with Crippen molar-refractivity contribution in [1.29, 1.82) is 0 Å². The number of nitrogens with zero attached hydrogens (tertiary/aromatic N) is 1. The highest BCUT2D eigenvalue weighted by molar-refractivity contribution is 7.90. The molecule has 2 fully saturated rings. The molecule has 2 aliphatic rings. The van der Waals surface area contributed by atoms with Crippen molar-refractivity contribution in [3.8, 4) is 0 Å². The van der Waals surface area contributed by atoms with Crippen molar-refractivity contribution in [3.63, 3.8) is 0 Å². The van der Waals surface area contributed by atoms with Gasteiger partial charge in [-0.05, 0) is 35.9 Å². The molecule has 2 amide bonds. The molecule has 0 aliphatic carbocycles. The maximum atomic E-state index is 14.4. The van der Waals surface area contributed by atoms with Gasteiger partial charge >= 0.3 is 6.18 Å². The highest BCUT2D eigenvalue weighted by Gasteiger charge is 2.42. The number of nitrogens with one attached hydrogen (secondary N) is 1. The standard InChI is InChI=1S/C24H23F5N2O5S/c1-37(34,35)17-4-2-3-14(7-17)23(33)31-10-16(25)9-20(31)22(32)30-21(15-11-36-12-15)13-5-6-18(19(26)8-13)24(27,28)29/h2-8,15-16,20-21H,9-12H2,1H3,(H,30,32)/t16-,20+,21-/m0/s1. The zero-order chi connectivity index (χ0) is 27.1. The summed E-state index contributed by atoms with van der Waals surface area (Å²) in [5.41, 5.74) is -1.43. The van der Waals surface area contributed by atoms with Crippen LogP contribution >= 0.6 is 0 Å². The molecule has 2 aromatic carbocycles. The Morgan fingerprint density at radius 3 is 2.41 bits per heavy atom. The van der Waals surface area contributed by atoms with E-state index in [0.29, 0.717) is 12.1 Å². The molecule has 2 heterocycles. The van der Waals surface area contributed by atoms with E-state index in [1.54, 1.807) is 0 Å². The van der Waals surface area contributed by atoms with Crippen molar-refractivity contribution >= 4 is 21.7 Å². The number of hydrogen-bond acceptors (Lipinski definition) is 5. The monoisotopic (exact) mass is 546 g/mol. The molecule has 2 saturated heterocycles. The Kier molecular flexibility index (Phi) is 7.30. The van der Waals surface area contributed by atoms with Gasteiger partial charge in [0.2, 0.25) is 5.91 Å². The van der Waals surface area contributed by atoms with Crippen LogP contribution in [-0.4, -0.2) is 63.4 Å². The molecule has 13 heteroatoms. The lowest BCUT2D eigenvalue weighted by Crippen LogP contribution is -2.50. The van der Waals surface area contributed by atoms with Gasteiger partial charge in [-0.1, -0.05) is 12.1 Å². The first-order valence-corrected chi connectivity index (χ1v) is 13.1. The van der Waals surface area contributed by atoms with Gasteiger partial charge in [0.1, 0.15) is 18.0 Å². The molecule has 2 aliphatic heterocycles. The summed E-state index contributed by atoms with van der Waals surface area (Å²) in [6.07, 6.45) is -5.80. The highest BCUT2D eigenvalue weighted by Crippen LogP contribution is 2.35. The van der Waals surface area contributed by atoms with Crippen LogP contribution in [0, 0.1) is 11.7 Å². The highest BCUT2D eigenvalue weighted by atomic mass is 32.2. The molecule has 0 saturated carbocycles. The Morgan fingerprint density at radius 1 is 1.14 bits per heavy atom. The molecule has 0 radical (unpaired) electrons. The van der Waals surface area contributed by atoms with Crippen molar-refractivity contribution in [2.24, 2.45) is 5.92 Å². The number of likely N-dealkylation sites (tertiary alicyclic amines) is 1. The van der Waals surface area contributed by atoms with Crippen LogP contribution in [0.3, 0.4) is 0 Å². The molecule has 4 rings (SSSR count). The summed E-state index contributed by atoms with van der Waals surface area (Å²) in [5, 5.41) is 2.63. The van der Waals surface area contributed by atoms with Crippen LogP contribution in [0.1, 0.15) is 33.9 Å². The van der Waals surface area contributed by atoms with Gasteiger partial charge in [0.15, 0.2) is 9.84 Å². The number of ether oxygens (including phenoxy) is 1. The van der Waals surface area contributed by atoms with Crippen molar-refractivity contribution in [2.75, 3.05) is 26.0 Å². The van der Waals surface area contributed by atoms with E-state index in [4.69, 9.17) is 4.74 Å². The van der Waals surface area contributed by atoms with E-state index in [0.717, 1.165) is 23.3 Å². The summed E-state index contributed by atoms with van der Waals surface area (Å²) < 4.78 is 96.4. The predicted octanol–water partition coefficient (Wildman–Crippen LogP) is 3.30. The fourth-order valence-electron chi connectivity index (χ4n) is 4.41. The molecule has 2 aromatic rings. The molecular formula is C24H23F5N2O5S. The topological polar surface area (TPSA) is 92.8 Å². The number of rotatable bonds is 6. The number of halogens is 5. The Labute approximate surface area is 209 Å². The second-order valence-electron chi connectivity index (χ2n) is 9.13. The van der Waals surface area contributed by atoms with Crippen molar-refractivity contribution in [1.82, 2.24) is 10.2 Å².